The van der Waals surface area contributed by atoms with Gasteiger partial charge in [-0.05, 0) is 13.8 Å². The Hall–Kier alpha value is -0.470. The molecule has 47 valence electrons. The first-order valence-electron chi connectivity index (χ1n) is 2.07. The van der Waals surface area contributed by atoms with Gasteiger partial charge in [-0.3, -0.25) is 0 Å². The molecule has 0 unspecified atom stereocenters. The zero-order chi connectivity index (χ0) is 6.78. The summed E-state index contributed by atoms with van der Waals surface area (Å²) in [5, 5.41) is 0. The van der Waals surface area contributed by atoms with Crippen LogP contribution in [0, 0.1) is 6.08 Å². The van der Waals surface area contributed by atoms with Crippen molar-refractivity contribution in [3.8, 4) is 0 Å². The van der Waals surface area contributed by atoms with Crippen molar-refractivity contribution in [1.29, 1.82) is 0 Å². The van der Waals surface area contributed by atoms with Crippen molar-refractivity contribution in [2.75, 3.05) is 0 Å². The highest BCUT2D eigenvalue weighted by Crippen LogP contribution is 2.16. The summed E-state index contributed by atoms with van der Waals surface area (Å²) in [4.78, 5) is 0. The summed E-state index contributed by atoms with van der Waals surface area (Å²) >= 11 is 0. The number of hydrogen-bond donors (Lipinski definition) is 0. The third-order valence-corrected chi connectivity index (χ3v) is 0.392. The molecule has 0 aromatic carbocycles. The van der Waals surface area contributed by atoms with E-state index in [9.17, 15) is 13.2 Å². The molecule has 0 aliphatic heterocycles. The first-order chi connectivity index (χ1) is 3.42. The molecule has 0 aromatic rings. The Balaban J connectivity index is 3.89. The van der Waals surface area contributed by atoms with E-state index in [2.05, 4.69) is 0 Å². The molecule has 3 heteroatoms. The largest absolute Gasteiger partial charge is 0.416 e. The minimum atomic E-state index is -4.27. The van der Waals surface area contributed by atoms with Crippen LogP contribution >= 0.6 is 0 Å². The van der Waals surface area contributed by atoms with Crippen molar-refractivity contribution in [2.24, 2.45) is 0 Å². The SMILES string of the molecule is CC(C)=[C]C(F)(F)F. The van der Waals surface area contributed by atoms with E-state index in [0.29, 0.717) is 0 Å². The molecule has 0 bridgehead atoms. The third kappa shape index (κ3) is 5.53. The fourth-order valence-corrected chi connectivity index (χ4v) is 0.283. The molecule has 0 heterocycles. The maximum absolute atomic E-state index is 11.2. The molecule has 0 aliphatic rings. The second-order valence-electron chi connectivity index (χ2n) is 1.62. The fraction of sp³-hybridized carbons (Fsp3) is 0.600. The summed E-state index contributed by atoms with van der Waals surface area (Å²) < 4.78 is 33.5. The number of alkyl halides is 3. The van der Waals surface area contributed by atoms with E-state index < -0.39 is 6.18 Å². The lowest BCUT2D eigenvalue weighted by Crippen LogP contribution is -2.02. The molecule has 0 rings (SSSR count). The Morgan fingerprint density at radius 2 is 1.62 bits per heavy atom. The van der Waals surface area contributed by atoms with Gasteiger partial charge in [0.2, 0.25) is 0 Å². The number of rotatable bonds is 0. The van der Waals surface area contributed by atoms with Crippen LogP contribution in [-0.2, 0) is 0 Å². The van der Waals surface area contributed by atoms with Gasteiger partial charge in [0.05, 0.1) is 6.08 Å². The van der Waals surface area contributed by atoms with Crippen LogP contribution in [0.1, 0.15) is 13.8 Å². The average molecular weight is 123 g/mol. The second kappa shape index (κ2) is 2.20. The van der Waals surface area contributed by atoms with Crippen molar-refractivity contribution >= 4 is 0 Å². The zero-order valence-corrected chi connectivity index (χ0v) is 4.63. The second-order valence-corrected chi connectivity index (χ2v) is 1.62. The highest BCUT2D eigenvalue weighted by Gasteiger charge is 2.23. The molecule has 0 spiro atoms. The summed E-state index contributed by atoms with van der Waals surface area (Å²) in [6, 6.07) is 0. The molecule has 0 aliphatic carbocycles. The van der Waals surface area contributed by atoms with E-state index in [1.807, 2.05) is 0 Å². The quantitative estimate of drug-likeness (QED) is 0.463. The zero-order valence-electron chi connectivity index (χ0n) is 4.63. The van der Waals surface area contributed by atoms with Crippen molar-refractivity contribution in [3.05, 3.63) is 11.6 Å². The standard InChI is InChI=1S/C5H6F3/c1-4(2)3-5(6,7)8/h1-2H3. The first-order valence-corrected chi connectivity index (χ1v) is 2.07. The van der Waals surface area contributed by atoms with E-state index in [4.69, 9.17) is 0 Å². The molecule has 0 saturated heterocycles. The molecule has 0 saturated carbocycles. The molecule has 1 radical (unpaired) electrons. The summed E-state index contributed by atoms with van der Waals surface area (Å²) in [6.45, 7) is 2.71. The molecular weight excluding hydrogens is 117 g/mol. The van der Waals surface area contributed by atoms with Crippen molar-refractivity contribution < 1.29 is 13.2 Å². The van der Waals surface area contributed by atoms with Crippen LogP contribution in [-0.4, -0.2) is 6.18 Å². The molecule has 0 atom stereocenters. The number of allylic oxidation sites excluding steroid dienone is 2. The van der Waals surface area contributed by atoms with Gasteiger partial charge in [0.15, 0.2) is 0 Å². The van der Waals surface area contributed by atoms with Crippen LogP contribution < -0.4 is 0 Å². The highest BCUT2D eigenvalue weighted by molar-refractivity contribution is 4.90. The average Bonchev–Trinajstić information content (AvgIpc) is 1.21. The van der Waals surface area contributed by atoms with Gasteiger partial charge in [0, 0.05) is 0 Å². The van der Waals surface area contributed by atoms with Gasteiger partial charge in [-0.2, -0.15) is 13.2 Å². The highest BCUT2D eigenvalue weighted by atomic mass is 19.4. The molecule has 0 fully saturated rings. The van der Waals surface area contributed by atoms with Crippen LogP contribution in [0.2, 0.25) is 0 Å². The van der Waals surface area contributed by atoms with Crippen LogP contribution in [0.25, 0.3) is 0 Å². The molecule has 0 N–H and O–H groups in total. The van der Waals surface area contributed by atoms with Crippen molar-refractivity contribution in [1.82, 2.24) is 0 Å². The van der Waals surface area contributed by atoms with Gasteiger partial charge in [-0.1, -0.05) is 5.57 Å². The van der Waals surface area contributed by atoms with Crippen LogP contribution in [0.4, 0.5) is 13.2 Å². The van der Waals surface area contributed by atoms with Gasteiger partial charge in [0.25, 0.3) is 0 Å². The maximum Gasteiger partial charge on any atom is 0.416 e. The van der Waals surface area contributed by atoms with Crippen LogP contribution in [0.5, 0.6) is 0 Å². The van der Waals surface area contributed by atoms with E-state index >= 15 is 0 Å². The number of hydrogen-bond acceptors (Lipinski definition) is 0. The third-order valence-electron chi connectivity index (χ3n) is 0.392. The van der Waals surface area contributed by atoms with Gasteiger partial charge in [-0.25, -0.2) is 0 Å². The summed E-state index contributed by atoms with van der Waals surface area (Å²) in [5.41, 5.74) is 0.150. The van der Waals surface area contributed by atoms with Gasteiger partial charge < -0.3 is 0 Å². The minimum absolute atomic E-state index is 0.150. The molecule has 8 heavy (non-hydrogen) atoms. The Bertz CT molecular complexity index is 94.7. The molecular formula is C5H6F3. The topological polar surface area (TPSA) is 0 Å². The lowest BCUT2D eigenvalue weighted by Gasteiger charge is -1.95. The molecule has 0 aromatic heterocycles. The fourth-order valence-electron chi connectivity index (χ4n) is 0.283. The van der Waals surface area contributed by atoms with Crippen molar-refractivity contribution in [3.63, 3.8) is 0 Å². The number of halogens is 3. The summed E-state index contributed by atoms with van der Waals surface area (Å²) in [5.74, 6) is 0. The van der Waals surface area contributed by atoms with E-state index in [1.54, 1.807) is 0 Å². The van der Waals surface area contributed by atoms with Gasteiger partial charge >= 0.3 is 6.18 Å². The van der Waals surface area contributed by atoms with Crippen molar-refractivity contribution in [2.45, 2.75) is 20.0 Å². The van der Waals surface area contributed by atoms with E-state index in [-0.39, 0.29) is 5.57 Å². The Kier molecular flexibility index (Phi) is 2.07. The Morgan fingerprint density at radius 1 is 1.25 bits per heavy atom. The smallest absolute Gasteiger partial charge is 0.166 e. The van der Waals surface area contributed by atoms with Crippen LogP contribution in [0.3, 0.4) is 0 Å². The van der Waals surface area contributed by atoms with Gasteiger partial charge in [-0.15, -0.1) is 0 Å². The normalized spacial score (nSPS) is 11.1. The van der Waals surface area contributed by atoms with Crippen LogP contribution in [0.15, 0.2) is 5.57 Å². The first kappa shape index (κ1) is 7.53. The lowest BCUT2D eigenvalue weighted by molar-refractivity contribution is -0.0882. The summed E-state index contributed by atoms with van der Waals surface area (Å²) in [6.07, 6.45) is -2.97. The Labute approximate surface area is 46.0 Å². The summed E-state index contributed by atoms with van der Waals surface area (Å²) in [7, 11) is 0. The molecule has 0 amide bonds. The maximum atomic E-state index is 11.2. The van der Waals surface area contributed by atoms with E-state index in [0.717, 1.165) is 0 Å². The lowest BCUT2D eigenvalue weighted by atomic mass is 10.3. The van der Waals surface area contributed by atoms with E-state index in [1.165, 1.54) is 19.9 Å². The minimum Gasteiger partial charge on any atom is -0.166 e. The van der Waals surface area contributed by atoms with Gasteiger partial charge in [0.1, 0.15) is 0 Å². The predicted molar refractivity (Wildman–Crippen MR) is 24.2 cm³/mol. The monoisotopic (exact) mass is 123 g/mol. The predicted octanol–water partition coefficient (Wildman–Crippen LogP) is 2.32. The molecule has 0 nitrogen and oxygen atoms in total. The Morgan fingerprint density at radius 3 is 1.62 bits per heavy atom.